The third kappa shape index (κ3) is 8.45. The SMILES string of the molecule is O=C([O-])C[C@H](C(=O)[O-])c1ccc(OCCCCOc2ccc([C@H](CC(=O)[O-])C(=O)[O-])cc2)cc1. The van der Waals surface area contributed by atoms with Crippen molar-refractivity contribution in [3.8, 4) is 11.5 Å². The lowest BCUT2D eigenvalue weighted by Crippen LogP contribution is -2.34. The van der Waals surface area contributed by atoms with Gasteiger partial charge in [0, 0.05) is 35.7 Å². The summed E-state index contributed by atoms with van der Waals surface area (Å²) in [5, 5.41) is 43.6. The standard InChI is InChI=1S/C24H26O10/c25-21(26)13-19(23(29)30)15-3-7-17(8-4-15)33-11-1-2-12-34-18-9-5-16(6-10-18)20(24(31)32)14-22(27)28/h3-10,19-20H,1-2,11-14H2,(H,25,26)(H,27,28)(H,29,30)(H,31,32)/p-4/t19-,20-/m0/s1. The van der Waals surface area contributed by atoms with Crippen LogP contribution in [-0.2, 0) is 19.2 Å². The summed E-state index contributed by atoms with van der Waals surface area (Å²) in [6.45, 7) is 0.724. The molecular formula is C24H22O10-4. The number of benzene rings is 2. The molecule has 0 fully saturated rings. The predicted molar refractivity (Wildman–Crippen MR) is 108 cm³/mol. The molecule has 2 atom stereocenters. The smallest absolute Gasteiger partial charge is 0.119 e. The molecule has 0 aliphatic carbocycles. The second-order valence-electron chi connectivity index (χ2n) is 7.44. The molecular weight excluding hydrogens is 448 g/mol. The predicted octanol–water partition coefficient (Wildman–Crippen LogP) is -2.13. The first-order valence-corrected chi connectivity index (χ1v) is 10.4. The lowest BCUT2D eigenvalue weighted by molar-refractivity contribution is -0.317. The Kier molecular flexibility index (Phi) is 9.88. The number of carboxylic acid groups (broad SMARTS) is 4. The molecule has 10 heteroatoms. The highest BCUT2D eigenvalue weighted by atomic mass is 16.5. The molecule has 0 heterocycles. The van der Waals surface area contributed by atoms with Gasteiger partial charge in [-0.25, -0.2) is 0 Å². The molecule has 0 N–H and O–H groups in total. The molecule has 2 rings (SSSR count). The van der Waals surface area contributed by atoms with Crippen LogP contribution in [0.2, 0.25) is 0 Å². The van der Waals surface area contributed by atoms with E-state index in [1.807, 2.05) is 0 Å². The van der Waals surface area contributed by atoms with Gasteiger partial charge in [-0.1, -0.05) is 24.3 Å². The maximum Gasteiger partial charge on any atom is 0.119 e. The molecule has 0 amide bonds. The fourth-order valence-electron chi connectivity index (χ4n) is 3.18. The Labute approximate surface area is 195 Å². The number of hydrogen-bond donors (Lipinski definition) is 0. The summed E-state index contributed by atoms with van der Waals surface area (Å²) in [5.74, 6) is -7.57. The highest BCUT2D eigenvalue weighted by Crippen LogP contribution is 2.23. The van der Waals surface area contributed by atoms with Gasteiger partial charge in [-0.2, -0.15) is 0 Å². The van der Waals surface area contributed by atoms with Gasteiger partial charge in [-0.15, -0.1) is 0 Å². The molecule has 0 aromatic heterocycles. The molecule has 10 nitrogen and oxygen atoms in total. The van der Waals surface area contributed by atoms with Crippen LogP contribution in [0.25, 0.3) is 0 Å². The maximum absolute atomic E-state index is 11.1. The molecule has 2 aromatic rings. The van der Waals surface area contributed by atoms with E-state index < -0.39 is 48.6 Å². The van der Waals surface area contributed by atoms with Gasteiger partial charge in [0.2, 0.25) is 0 Å². The first kappa shape index (κ1) is 26.2. The van der Waals surface area contributed by atoms with Crippen molar-refractivity contribution in [3.63, 3.8) is 0 Å². The van der Waals surface area contributed by atoms with E-state index in [1.165, 1.54) is 24.3 Å². The van der Waals surface area contributed by atoms with Gasteiger partial charge in [-0.05, 0) is 61.1 Å². The summed E-state index contributed by atoms with van der Waals surface area (Å²) >= 11 is 0. The molecule has 0 unspecified atom stereocenters. The van der Waals surface area contributed by atoms with Crippen LogP contribution >= 0.6 is 0 Å². The van der Waals surface area contributed by atoms with Crippen LogP contribution in [0.3, 0.4) is 0 Å². The van der Waals surface area contributed by atoms with E-state index in [9.17, 15) is 39.6 Å². The van der Waals surface area contributed by atoms with Gasteiger partial charge in [-0.3, -0.25) is 0 Å². The van der Waals surface area contributed by atoms with Crippen LogP contribution in [0, 0.1) is 0 Å². The average Bonchev–Trinajstić information content (AvgIpc) is 2.78. The molecule has 0 saturated carbocycles. The Bertz CT molecular complexity index is 900. The first-order chi connectivity index (χ1) is 16.2. The molecule has 0 aliphatic heterocycles. The third-order valence-corrected chi connectivity index (χ3v) is 4.95. The average molecular weight is 470 g/mol. The van der Waals surface area contributed by atoms with E-state index in [0.717, 1.165) is 0 Å². The lowest BCUT2D eigenvalue weighted by Gasteiger charge is -2.19. The second-order valence-corrected chi connectivity index (χ2v) is 7.44. The molecule has 34 heavy (non-hydrogen) atoms. The normalized spacial score (nSPS) is 12.4. The number of carbonyl (C=O) groups is 4. The number of ether oxygens (including phenoxy) is 2. The zero-order valence-corrected chi connectivity index (χ0v) is 18.1. The zero-order valence-electron chi connectivity index (χ0n) is 18.1. The Morgan fingerprint density at radius 1 is 0.588 bits per heavy atom. The van der Waals surface area contributed by atoms with Crippen molar-refractivity contribution in [2.24, 2.45) is 0 Å². The fraction of sp³-hybridized carbons (Fsp3) is 0.333. The van der Waals surface area contributed by atoms with Crippen molar-refractivity contribution in [3.05, 3.63) is 59.7 Å². The summed E-state index contributed by atoms with van der Waals surface area (Å²) in [6.07, 6.45) is -0.0695. The topological polar surface area (TPSA) is 179 Å². The maximum atomic E-state index is 11.1. The monoisotopic (exact) mass is 470 g/mol. The van der Waals surface area contributed by atoms with Crippen molar-refractivity contribution < 1.29 is 49.1 Å². The van der Waals surface area contributed by atoms with Crippen molar-refractivity contribution in [2.45, 2.75) is 37.5 Å². The van der Waals surface area contributed by atoms with Gasteiger partial charge >= 0.3 is 0 Å². The summed E-state index contributed by atoms with van der Waals surface area (Å²) in [4.78, 5) is 43.6. The number of unbranched alkanes of at least 4 members (excludes halogenated alkanes) is 1. The highest BCUT2D eigenvalue weighted by molar-refractivity contribution is 5.81. The lowest BCUT2D eigenvalue weighted by atomic mass is 9.96. The molecule has 0 spiro atoms. The minimum Gasteiger partial charge on any atom is -0.550 e. The van der Waals surface area contributed by atoms with E-state index in [-0.39, 0.29) is 11.1 Å². The molecule has 0 aliphatic rings. The van der Waals surface area contributed by atoms with Crippen LogP contribution in [-0.4, -0.2) is 37.1 Å². The van der Waals surface area contributed by atoms with Crippen molar-refractivity contribution in [2.75, 3.05) is 13.2 Å². The van der Waals surface area contributed by atoms with Gasteiger partial charge in [0.05, 0.1) is 13.2 Å². The van der Waals surface area contributed by atoms with Gasteiger partial charge in [0.1, 0.15) is 11.5 Å². The van der Waals surface area contributed by atoms with Gasteiger partial charge < -0.3 is 49.1 Å². The summed E-state index contributed by atoms with van der Waals surface area (Å²) < 4.78 is 11.1. The number of carboxylic acids is 4. The van der Waals surface area contributed by atoms with Crippen molar-refractivity contribution in [1.29, 1.82) is 0 Å². The second kappa shape index (κ2) is 12.8. The minimum atomic E-state index is -1.50. The molecule has 0 radical (unpaired) electrons. The van der Waals surface area contributed by atoms with Crippen LogP contribution < -0.4 is 29.9 Å². The van der Waals surface area contributed by atoms with E-state index in [0.29, 0.717) is 37.6 Å². The third-order valence-electron chi connectivity index (χ3n) is 4.95. The Balaban J connectivity index is 1.73. The quantitative estimate of drug-likeness (QED) is 0.261. The summed E-state index contributed by atoms with van der Waals surface area (Å²) in [6, 6.07) is 12.0. The van der Waals surface area contributed by atoms with Gasteiger partial charge in [0.25, 0.3) is 0 Å². The fourth-order valence-corrected chi connectivity index (χ4v) is 3.18. The Morgan fingerprint density at radius 2 is 0.912 bits per heavy atom. The van der Waals surface area contributed by atoms with Crippen LogP contribution in [0.15, 0.2) is 48.5 Å². The molecule has 0 bridgehead atoms. The van der Waals surface area contributed by atoms with Crippen LogP contribution in [0.5, 0.6) is 11.5 Å². The minimum absolute atomic E-state index is 0.279. The van der Waals surface area contributed by atoms with Crippen LogP contribution in [0.4, 0.5) is 0 Å². The summed E-state index contributed by atoms with van der Waals surface area (Å²) in [5.41, 5.74) is 0.558. The van der Waals surface area contributed by atoms with Crippen molar-refractivity contribution in [1.82, 2.24) is 0 Å². The van der Waals surface area contributed by atoms with E-state index in [2.05, 4.69) is 0 Å². The molecule has 2 aromatic carbocycles. The number of carbonyl (C=O) groups excluding carboxylic acids is 4. The highest BCUT2D eigenvalue weighted by Gasteiger charge is 2.14. The van der Waals surface area contributed by atoms with Crippen molar-refractivity contribution >= 4 is 23.9 Å². The largest absolute Gasteiger partial charge is 0.550 e. The van der Waals surface area contributed by atoms with Crippen LogP contribution in [0.1, 0.15) is 48.6 Å². The van der Waals surface area contributed by atoms with E-state index in [4.69, 9.17) is 9.47 Å². The number of hydrogen-bond acceptors (Lipinski definition) is 10. The Hall–Kier alpha value is -4.08. The zero-order chi connectivity index (χ0) is 25.1. The van der Waals surface area contributed by atoms with E-state index >= 15 is 0 Å². The number of aliphatic carboxylic acids is 4. The van der Waals surface area contributed by atoms with E-state index in [1.54, 1.807) is 24.3 Å². The Morgan fingerprint density at radius 3 is 1.18 bits per heavy atom. The van der Waals surface area contributed by atoms with Gasteiger partial charge in [0.15, 0.2) is 0 Å². The first-order valence-electron chi connectivity index (χ1n) is 10.4. The molecule has 182 valence electrons. The molecule has 0 saturated heterocycles. The number of rotatable bonds is 15. The summed E-state index contributed by atoms with van der Waals surface area (Å²) in [7, 11) is 0.